The summed E-state index contributed by atoms with van der Waals surface area (Å²) in [6, 6.07) is 10.2. The zero-order valence-corrected chi connectivity index (χ0v) is 12.1. The lowest BCUT2D eigenvalue weighted by atomic mass is 10.2. The number of hydrogen-bond acceptors (Lipinski definition) is 5. The van der Waals surface area contributed by atoms with E-state index < -0.39 is 0 Å². The lowest BCUT2D eigenvalue weighted by Crippen LogP contribution is -1.86. The number of benzene rings is 1. The summed E-state index contributed by atoms with van der Waals surface area (Å²) in [6.45, 7) is 1.93. The van der Waals surface area contributed by atoms with Crippen molar-refractivity contribution in [2.24, 2.45) is 7.05 Å². The van der Waals surface area contributed by atoms with Gasteiger partial charge in [-0.15, -0.1) is 10.2 Å². The highest BCUT2D eigenvalue weighted by Crippen LogP contribution is 2.26. The summed E-state index contributed by atoms with van der Waals surface area (Å²) >= 11 is 1.53. The molecule has 2 heterocycles. The number of hydrogen-bond donors (Lipinski definition) is 0. The van der Waals surface area contributed by atoms with Gasteiger partial charge < -0.3 is 4.42 Å². The molecule has 0 radical (unpaired) electrons. The molecule has 0 saturated heterocycles. The molecule has 0 aliphatic rings. The molecular formula is C14H14N4OS. The molecule has 102 valence electrons. The molecule has 1 aromatic carbocycles. The highest BCUT2D eigenvalue weighted by molar-refractivity contribution is 7.98. The van der Waals surface area contributed by atoms with Crippen molar-refractivity contribution >= 4 is 11.8 Å². The van der Waals surface area contributed by atoms with Crippen molar-refractivity contribution in [3.05, 3.63) is 47.8 Å². The zero-order chi connectivity index (χ0) is 13.9. The molecule has 20 heavy (non-hydrogen) atoms. The van der Waals surface area contributed by atoms with Gasteiger partial charge in [-0.25, -0.2) is 0 Å². The fourth-order valence-corrected chi connectivity index (χ4v) is 2.62. The van der Waals surface area contributed by atoms with E-state index in [1.54, 1.807) is 4.68 Å². The summed E-state index contributed by atoms with van der Waals surface area (Å²) in [5, 5.41) is 13.0. The third-order valence-corrected chi connectivity index (χ3v) is 3.75. The molecule has 0 fully saturated rings. The number of thioether (sulfide) groups is 1. The summed E-state index contributed by atoms with van der Waals surface area (Å²) in [5.74, 6) is 1.33. The summed E-state index contributed by atoms with van der Waals surface area (Å²) in [4.78, 5) is 0. The van der Waals surface area contributed by atoms with Gasteiger partial charge in [0, 0.05) is 19.0 Å². The van der Waals surface area contributed by atoms with E-state index in [9.17, 15) is 0 Å². The van der Waals surface area contributed by atoms with Gasteiger partial charge in [-0.2, -0.15) is 5.10 Å². The fourth-order valence-electron chi connectivity index (χ4n) is 1.91. The van der Waals surface area contributed by atoms with Crippen LogP contribution >= 0.6 is 11.8 Å². The first-order chi connectivity index (χ1) is 9.72. The average molecular weight is 286 g/mol. The zero-order valence-electron chi connectivity index (χ0n) is 11.3. The predicted molar refractivity (Wildman–Crippen MR) is 77.2 cm³/mol. The first kappa shape index (κ1) is 12.9. The first-order valence-electron chi connectivity index (χ1n) is 6.23. The standard InChI is InChI=1S/C14H14N4OS/c1-10-12(8-18(2)17-10)13-15-16-14(19-13)20-9-11-6-4-3-5-7-11/h3-8H,9H2,1-2H3. The molecule has 0 amide bonds. The van der Waals surface area contributed by atoms with E-state index in [0.717, 1.165) is 17.0 Å². The quantitative estimate of drug-likeness (QED) is 0.690. The topological polar surface area (TPSA) is 56.7 Å². The highest BCUT2D eigenvalue weighted by Gasteiger charge is 2.13. The summed E-state index contributed by atoms with van der Waals surface area (Å²) in [5.41, 5.74) is 3.00. The molecule has 2 aromatic heterocycles. The Labute approximate surface area is 121 Å². The molecule has 0 aliphatic heterocycles. The Kier molecular flexibility index (Phi) is 3.56. The van der Waals surface area contributed by atoms with Crippen LogP contribution in [0.4, 0.5) is 0 Å². The van der Waals surface area contributed by atoms with Crippen molar-refractivity contribution in [1.29, 1.82) is 0 Å². The van der Waals surface area contributed by atoms with Crippen LogP contribution in [0.25, 0.3) is 11.5 Å². The molecule has 3 rings (SSSR count). The Balaban J connectivity index is 1.73. The molecular weight excluding hydrogens is 272 g/mol. The van der Waals surface area contributed by atoms with Crippen LogP contribution in [0.2, 0.25) is 0 Å². The third-order valence-electron chi connectivity index (χ3n) is 2.86. The van der Waals surface area contributed by atoms with Crippen LogP contribution in [0, 0.1) is 6.92 Å². The van der Waals surface area contributed by atoms with Gasteiger partial charge >= 0.3 is 0 Å². The van der Waals surface area contributed by atoms with Gasteiger partial charge in [0.15, 0.2) is 0 Å². The maximum Gasteiger partial charge on any atom is 0.277 e. The largest absolute Gasteiger partial charge is 0.411 e. The average Bonchev–Trinajstić information content (AvgIpc) is 3.04. The van der Waals surface area contributed by atoms with Crippen LogP contribution in [0.1, 0.15) is 11.3 Å². The van der Waals surface area contributed by atoms with E-state index in [0.29, 0.717) is 11.1 Å². The van der Waals surface area contributed by atoms with Gasteiger partial charge in [0.05, 0.1) is 11.3 Å². The Bertz CT molecular complexity index is 705. The first-order valence-corrected chi connectivity index (χ1v) is 7.22. The van der Waals surface area contributed by atoms with Gasteiger partial charge in [0.2, 0.25) is 0 Å². The number of nitrogens with zero attached hydrogens (tertiary/aromatic N) is 4. The van der Waals surface area contributed by atoms with Gasteiger partial charge in [0.25, 0.3) is 11.1 Å². The van der Waals surface area contributed by atoms with E-state index in [1.165, 1.54) is 17.3 Å². The van der Waals surface area contributed by atoms with Crippen LogP contribution < -0.4 is 0 Å². The molecule has 0 bridgehead atoms. The van der Waals surface area contributed by atoms with Crippen LogP contribution in [0.5, 0.6) is 0 Å². The van der Waals surface area contributed by atoms with Crippen LogP contribution in [0.3, 0.4) is 0 Å². The van der Waals surface area contributed by atoms with Gasteiger partial charge in [-0.1, -0.05) is 42.1 Å². The number of aromatic nitrogens is 4. The monoisotopic (exact) mass is 286 g/mol. The minimum Gasteiger partial charge on any atom is -0.411 e. The van der Waals surface area contributed by atoms with E-state index in [4.69, 9.17) is 4.42 Å². The van der Waals surface area contributed by atoms with Crippen LogP contribution in [-0.2, 0) is 12.8 Å². The van der Waals surface area contributed by atoms with Gasteiger partial charge in [-0.3, -0.25) is 4.68 Å². The van der Waals surface area contributed by atoms with Crippen molar-refractivity contribution in [3.63, 3.8) is 0 Å². The number of rotatable bonds is 4. The lowest BCUT2D eigenvalue weighted by Gasteiger charge is -1.96. The Morgan fingerprint density at radius 3 is 2.70 bits per heavy atom. The van der Waals surface area contributed by atoms with Crippen molar-refractivity contribution in [2.45, 2.75) is 17.9 Å². The highest BCUT2D eigenvalue weighted by atomic mass is 32.2. The normalized spacial score (nSPS) is 10.9. The van der Waals surface area contributed by atoms with E-state index in [2.05, 4.69) is 27.4 Å². The van der Waals surface area contributed by atoms with Crippen molar-refractivity contribution in [2.75, 3.05) is 0 Å². The molecule has 0 saturated carbocycles. The van der Waals surface area contributed by atoms with Crippen molar-refractivity contribution < 1.29 is 4.42 Å². The second-order valence-electron chi connectivity index (χ2n) is 4.45. The minimum atomic E-state index is 0.520. The molecule has 0 aliphatic carbocycles. The predicted octanol–water partition coefficient (Wildman–Crippen LogP) is 3.07. The van der Waals surface area contributed by atoms with Crippen molar-refractivity contribution in [3.8, 4) is 11.5 Å². The second-order valence-corrected chi connectivity index (χ2v) is 5.38. The SMILES string of the molecule is Cc1nn(C)cc1-c1nnc(SCc2ccccc2)o1. The smallest absolute Gasteiger partial charge is 0.277 e. The summed E-state index contributed by atoms with van der Waals surface area (Å²) in [7, 11) is 1.87. The maximum atomic E-state index is 5.67. The summed E-state index contributed by atoms with van der Waals surface area (Å²) < 4.78 is 7.41. The van der Waals surface area contributed by atoms with Gasteiger partial charge in [0.1, 0.15) is 0 Å². The molecule has 0 atom stereocenters. The fraction of sp³-hybridized carbons (Fsp3) is 0.214. The number of aryl methyl sites for hydroxylation is 2. The second kappa shape index (κ2) is 5.50. The lowest BCUT2D eigenvalue weighted by molar-refractivity contribution is 0.465. The van der Waals surface area contributed by atoms with Crippen LogP contribution in [0.15, 0.2) is 46.2 Å². The maximum absolute atomic E-state index is 5.67. The molecule has 5 nitrogen and oxygen atoms in total. The molecule has 6 heteroatoms. The van der Waals surface area contributed by atoms with Crippen molar-refractivity contribution in [1.82, 2.24) is 20.0 Å². The van der Waals surface area contributed by atoms with E-state index in [1.807, 2.05) is 38.4 Å². The summed E-state index contributed by atoms with van der Waals surface area (Å²) in [6.07, 6.45) is 1.88. The minimum absolute atomic E-state index is 0.520. The third kappa shape index (κ3) is 2.75. The molecule has 0 N–H and O–H groups in total. The van der Waals surface area contributed by atoms with Gasteiger partial charge in [-0.05, 0) is 12.5 Å². The Hall–Kier alpha value is -2.08. The molecule has 0 unspecified atom stereocenters. The molecule has 0 spiro atoms. The van der Waals surface area contributed by atoms with E-state index in [-0.39, 0.29) is 0 Å². The molecule has 3 aromatic rings. The Morgan fingerprint density at radius 2 is 2.00 bits per heavy atom. The van der Waals surface area contributed by atoms with E-state index >= 15 is 0 Å². The Morgan fingerprint density at radius 1 is 1.20 bits per heavy atom. The van der Waals surface area contributed by atoms with Crippen LogP contribution in [-0.4, -0.2) is 20.0 Å².